The number of rotatable bonds is 9. The first-order valence-corrected chi connectivity index (χ1v) is 9.79. The normalized spacial score (nSPS) is 10.3. The zero-order chi connectivity index (χ0) is 20.5. The molecule has 9 heteroatoms. The number of esters is 1. The van der Waals surface area contributed by atoms with Gasteiger partial charge in [-0.3, -0.25) is 0 Å². The van der Waals surface area contributed by atoms with Crippen molar-refractivity contribution < 1.29 is 23.8 Å². The van der Waals surface area contributed by atoms with Crippen LogP contribution in [0.3, 0.4) is 0 Å². The molecular weight excluding hydrogens is 382 g/mol. The average Bonchev–Trinajstić information content (AvgIpc) is 3.17. The number of urea groups is 1. The van der Waals surface area contributed by atoms with Gasteiger partial charge < -0.3 is 24.4 Å². The van der Waals surface area contributed by atoms with Crippen LogP contribution < -0.4 is 14.8 Å². The summed E-state index contributed by atoms with van der Waals surface area (Å²) in [4.78, 5) is 30.5. The molecule has 152 valence electrons. The highest BCUT2D eigenvalue weighted by Gasteiger charge is 2.19. The second-order valence-electron chi connectivity index (χ2n) is 5.76. The molecule has 0 aliphatic heterocycles. The Bertz CT molecular complexity index is 809. The van der Waals surface area contributed by atoms with E-state index >= 15 is 0 Å². The lowest BCUT2D eigenvalue weighted by molar-refractivity contribution is 0.0520. The molecule has 0 aliphatic rings. The van der Waals surface area contributed by atoms with Crippen molar-refractivity contribution in [3.8, 4) is 11.5 Å². The highest BCUT2D eigenvalue weighted by molar-refractivity contribution is 7.09. The summed E-state index contributed by atoms with van der Waals surface area (Å²) in [5, 5.41) is 5.16. The lowest BCUT2D eigenvalue weighted by Crippen LogP contribution is -2.35. The Morgan fingerprint density at radius 3 is 2.64 bits per heavy atom. The number of hydrogen-bond acceptors (Lipinski definition) is 7. The lowest BCUT2D eigenvalue weighted by atomic mass is 10.2. The first kappa shape index (κ1) is 21.5. The summed E-state index contributed by atoms with van der Waals surface area (Å²) in [6, 6.07) is 4.89. The third kappa shape index (κ3) is 5.59. The van der Waals surface area contributed by atoms with E-state index in [2.05, 4.69) is 10.3 Å². The van der Waals surface area contributed by atoms with Gasteiger partial charge in [-0.25, -0.2) is 14.6 Å². The molecule has 0 fully saturated rings. The van der Waals surface area contributed by atoms with Crippen molar-refractivity contribution in [1.29, 1.82) is 0 Å². The van der Waals surface area contributed by atoms with Crippen LogP contribution in [0.25, 0.3) is 0 Å². The Labute approximate surface area is 168 Å². The minimum Gasteiger partial charge on any atom is -0.497 e. The summed E-state index contributed by atoms with van der Waals surface area (Å²) in [5.41, 5.74) is 0.802. The molecule has 1 N–H and O–H groups in total. The monoisotopic (exact) mass is 407 g/mol. The summed E-state index contributed by atoms with van der Waals surface area (Å²) >= 11 is 1.32. The number of anilines is 1. The molecule has 28 heavy (non-hydrogen) atoms. The molecule has 0 saturated heterocycles. The molecular formula is C19H25N3O5S. The molecule has 0 bridgehead atoms. The molecule has 0 atom stereocenters. The van der Waals surface area contributed by atoms with Crippen LogP contribution in [-0.2, 0) is 11.3 Å². The van der Waals surface area contributed by atoms with Crippen LogP contribution in [0.2, 0.25) is 0 Å². The number of benzene rings is 1. The zero-order valence-corrected chi connectivity index (χ0v) is 17.3. The Kier molecular flexibility index (Phi) is 8.06. The predicted octanol–water partition coefficient (Wildman–Crippen LogP) is 3.78. The molecule has 0 saturated carbocycles. The Morgan fingerprint density at radius 2 is 2.00 bits per heavy atom. The quantitative estimate of drug-likeness (QED) is 0.636. The Hall–Kier alpha value is -2.81. The van der Waals surface area contributed by atoms with Crippen LogP contribution >= 0.6 is 11.3 Å². The largest absolute Gasteiger partial charge is 0.497 e. The minimum atomic E-state index is -0.459. The highest BCUT2D eigenvalue weighted by atomic mass is 32.1. The maximum atomic E-state index is 12.8. The summed E-state index contributed by atoms with van der Waals surface area (Å²) in [6.45, 7) is 4.85. The van der Waals surface area contributed by atoms with Crippen molar-refractivity contribution in [2.45, 2.75) is 26.8 Å². The molecule has 1 heterocycles. The van der Waals surface area contributed by atoms with E-state index in [0.717, 1.165) is 6.42 Å². The van der Waals surface area contributed by atoms with Gasteiger partial charge in [0.1, 0.15) is 16.5 Å². The predicted molar refractivity (Wildman–Crippen MR) is 107 cm³/mol. The fraction of sp³-hybridized carbons (Fsp3) is 0.421. The number of nitrogens with zero attached hydrogens (tertiary/aromatic N) is 2. The number of hydrogen-bond donors (Lipinski definition) is 1. The maximum absolute atomic E-state index is 12.8. The number of amides is 2. The summed E-state index contributed by atoms with van der Waals surface area (Å²) in [5.74, 6) is 0.678. The molecule has 2 aromatic rings. The molecule has 0 unspecified atom stereocenters. The lowest BCUT2D eigenvalue weighted by Gasteiger charge is -2.22. The van der Waals surface area contributed by atoms with Gasteiger partial charge >= 0.3 is 12.0 Å². The molecule has 2 amide bonds. The topological polar surface area (TPSA) is 90.0 Å². The number of aromatic nitrogens is 1. The smallest absolute Gasteiger partial charge is 0.357 e. The van der Waals surface area contributed by atoms with Crippen LogP contribution in [0.4, 0.5) is 10.5 Å². The number of nitrogens with one attached hydrogen (secondary N) is 1. The summed E-state index contributed by atoms with van der Waals surface area (Å²) in [6.07, 6.45) is 0.781. The van der Waals surface area contributed by atoms with Gasteiger partial charge in [0.2, 0.25) is 0 Å². The number of carbonyl (C=O) groups excluding carboxylic acids is 2. The number of thiazole rings is 1. The van der Waals surface area contributed by atoms with E-state index in [1.807, 2.05) is 6.92 Å². The number of ether oxygens (including phenoxy) is 3. The van der Waals surface area contributed by atoms with Crippen LogP contribution in [0.1, 0.15) is 35.8 Å². The van der Waals surface area contributed by atoms with Gasteiger partial charge in [-0.15, -0.1) is 11.3 Å². The van der Waals surface area contributed by atoms with Crippen LogP contribution in [0.5, 0.6) is 11.5 Å². The van der Waals surface area contributed by atoms with E-state index in [1.165, 1.54) is 18.4 Å². The molecule has 2 rings (SSSR count). The highest BCUT2D eigenvalue weighted by Crippen LogP contribution is 2.29. The summed E-state index contributed by atoms with van der Waals surface area (Å²) < 4.78 is 15.5. The van der Waals surface area contributed by atoms with E-state index in [0.29, 0.717) is 41.9 Å². The third-order valence-electron chi connectivity index (χ3n) is 3.79. The van der Waals surface area contributed by atoms with E-state index in [1.54, 1.807) is 42.5 Å². The van der Waals surface area contributed by atoms with Gasteiger partial charge in [-0.2, -0.15) is 0 Å². The van der Waals surface area contributed by atoms with E-state index in [9.17, 15) is 9.59 Å². The molecule has 1 aromatic heterocycles. The van der Waals surface area contributed by atoms with E-state index in [-0.39, 0.29) is 11.7 Å². The average molecular weight is 407 g/mol. The van der Waals surface area contributed by atoms with E-state index < -0.39 is 5.97 Å². The molecule has 1 aromatic carbocycles. The van der Waals surface area contributed by atoms with Gasteiger partial charge in [0, 0.05) is 18.0 Å². The second kappa shape index (κ2) is 10.5. The van der Waals surface area contributed by atoms with Gasteiger partial charge in [-0.1, -0.05) is 6.92 Å². The Balaban J connectivity index is 2.11. The van der Waals surface area contributed by atoms with Gasteiger partial charge in [0.25, 0.3) is 0 Å². The number of carbonyl (C=O) groups is 2. The van der Waals surface area contributed by atoms with Crippen LogP contribution in [0, 0.1) is 0 Å². The SMILES string of the molecule is CCCN(Cc1nc(C(=O)OCC)cs1)C(=O)Nc1ccc(OC)cc1OC. The van der Waals surface area contributed by atoms with Crippen molar-refractivity contribution in [1.82, 2.24) is 9.88 Å². The van der Waals surface area contributed by atoms with Crippen LogP contribution in [0.15, 0.2) is 23.6 Å². The molecule has 0 radical (unpaired) electrons. The number of methoxy groups -OCH3 is 2. The third-order valence-corrected chi connectivity index (χ3v) is 4.63. The van der Waals surface area contributed by atoms with Crippen molar-refractivity contribution in [3.05, 3.63) is 34.3 Å². The zero-order valence-electron chi connectivity index (χ0n) is 16.5. The van der Waals surface area contributed by atoms with Crippen molar-refractivity contribution in [2.24, 2.45) is 0 Å². The van der Waals surface area contributed by atoms with Gasteiger partial charge in [0.15, 0.2) is 5.69 Å². The van der Waals surface area contributed by atoms with Crippen molar-refractivity contribution in [2.75, 3.05) is 32.7 Å². The second-order valence-corrected chi connectivity index (χ2v) is 6.71. The van der Waals surface area contributed by atoms with Gasteiger partial charge in [0.05, 0.1) is 33.1 Å². The molecule has 0 spiro atoms. The molecule has 8 nitrogen and oxygen atoms in total. The summed E-state index contributed by atoms with van der Waals surface area (Å²) in [7, 11) is 3.09. The fourth-order valence-corrected chi connectivity index (χ4v) is 3.24. The van der Waals surface area contributed by atoms with Gasteiger partial charge in [-0.05, 0) is 25.5 Å². The van der Waals surface area contributed by atoms with Crippen molar-refractivity contribution >= 4 is 29.0 Å². The first-order valence-electron chi connectivity index (χ1n) is 8.91. The standard InChI is InChI=1S/C19H25N3O5S/c1-5-9-22(11-17-20-15(12-28-17)18(23)27-6-2)19(24)21-14-8-7-13(25-3)10-16(14)26-4/h7-8,10,12H,5-6,9,11H2,1-4H3,(H,21,24). The minimum absolute atomic E-state index is 0.260. The molecule has 0 aliphatic carbocycles. The van der Waals surface area contributed by atoms with Crippen molar-refractivity contribution in [3.63, 3.8) is 0 Å². The van der Waals surface area contributed by atoms with E-state index in [4.69, 9.17) is 14.2 Å². The maximum Gasteiger partial charge on any atom is 0.357 e. The first-order chi connectivity index (χ1) is 13.5. The Morgan fingerprint density at radius 1 is 1.21 bits per heavy atom. The van der Waals surface area contributed by atoms with Crippen LogP contribution in [-0.4, -0.2) is 49.3 Å². The fourth-order valence-electron chi connectivity index (χ4n) is 2.46.